The molecule has 2 atom stereocenters. The number of benzene rings is 1. The molecule has 2 heterocycles. The Morgan fingerprint density at radius 3 is 3.06 bits per heavy atom. The third-order valence-corrected chi connectivity index (χ3v) is 4.25. The maximum Gasteiger partial charge on any atom is 0.112 e. The van der Waals surface area contributed by atoms with E-state index in [-0.39, 0.29) is 6.04 Å². The quantitative estimate of drug-likeness (QED) is 0.654. The van der Waals surface area contributed by atoms with Gasteiger partial charge in [-0.15, -0.1) is 0 Å². The Morgan fingerprint density at radius 1 is 1.33 bits per heavy atom. The Bertz CT molecular complexity index is 627. The molecule has 0 saturated carbocycles. The van der Waals surface area contributed by atoms with Gasteiger partial charge in [0.15, 0.2) is 0 Å². The van der Waals surface area contributed by atoms with Crippen molar-refractivity contribution < 1.29 is 0 Å². The van der Waals surface area contributed by atoms with Gasteiger partial charge in [0.2, 0.25) is 0 Å². The van der Waals surface area contributed by atoms with E-state index < -0.39 is 0 Å². The maximum atomic E-state index is 6.15. The lowest BCUT2D eigenvalue weighted by atomic mass is 9.97. The first-order valence-electron chi connectivity index (χ1n) is 6.67. The molecule has 0 radical (unpaired) electrons. The number of imidazole rings is 1. The van der Waals surface area contributed by atoms with Gasteiger partial charge in [-0.05, 0) is 12.0 Å². The molecule has 0 amide bonds. The minimum Gasteiger partial charge on any atom is -0.329 e. The van der Waals surface area contributed by atoms with Gasteiger partial charge in [0, 0.05) is 36.2 Å². The number of fused-ring (bicyclic) bond motifs is 5. The zero-order valence-corrected chi connectivity index (χ0v) is 10.6. The Balaban J connectivity index is 1.92. The van der Waals surface area contributed by atoms with Crippen LogP contribution in [0, 0.1) is 0 Å². The summed E-state index contributed by atoms with van der Waals surface area (Å²) in [5.74, 6) is 1.71. The molecule has 2 aliphatic rings. The lowest BCUT2D eigenvalue weighted by Crippen LogP contribution is -2.34. The third-order valence-electron chi connectivity index (χ3n) is 4.25. The lowest BCUT2D eigenvalue weighted by molar-refractivity contribution is 0.401. The first kappa shape index (κ1) is 10.3. The summed E-state index contributed by atoms with van der Waals surface area (Å²) in [6, 6.07) is 8.87. The van der Waals surface area contributed by atoms with Gasteiger partial charge in [0.05, 0.1) is 5.69 Å². The molecule has 18 heavy (non-hydrogen) atoms. The summed E-state index contributed by atoms with van der Waals surface area (Å²) in [5, 5.41) is 0. The fraction of sp³-hybridized carbons (Fsp3) is 0.400. The molecule has 1 aliphatic carbocycles. The third kappa shape index (κ3) is 1.25. The van der Waals surface area contributed by atoms with Crippen LogP contribution in [0.25, 0.3) is 11.3 Å². The summed E-state index contributed by atoms with van der Waals surface area (Å²) in [5.41, 5.74) is 11.4. The number of aromatic nitrogens is 2. The predicted octanol–water partition coefficient (Wildman–Crippen LogP) is 2.29. The highest BCUT2D eigenvalue weighted by Crippen LogP contribution is 2.39. The normalized spacial score (nSPS) is 24.6. The van der Waals surface area contributed by atoms with E-state index in [1.807, 2.05) is 0 Å². The molecular weight excluding hydrogens is 222 g/mol. The molecule has 2 unspecified atom stereocenters. The van der Waals surface area contributed by atoms with Crippen LogP contribution in [0.3, 0.4) is 0 Å². The average Bonchev–Trinajstić information content (AvgIpc) is 2.86. The van der Waals surface area contributed by atoms with Gasteiger partial charge in [-0.1, -0.05) is 31.2 Å². The molecular formula is C15H17N3. The first-order valence-corrected chi connectivity index (χ1v) is 6.67. The zero-order valence-electron chi connectivity index (χ0n) is 10.6. The van der Waals surface area contributed by atoms with Crippen molar-refractivity contribution in [3.8, 4) is 11.3 Å². The standard InChI is InChI=1S/C15H17N3/c1-9-6-11(16)8-18-13-7-10-4-2-3-5-12(10)14(13)17-15(9)18/h2-5,9,11H,6-8,16H2,1H3. The van der Waals surface area contributed by atoms with E-state index in [2.05, 4.69) is 35.8 Å². The minimum absolute atomic E-state index is 0.273. The van der Waals surface area contributed by atoms with Crippen LogP contribution in [0.1, 0.15) is 36.3 Å². The van der Waals surface area contributed by atoms with Crippen LogP contribution in [0.2, 0.25) is 0 Å². The van der Waals surface area contributed by atoms with Crippen molar-refractivity contribution >= 4 is 0 Å². The van der Waals surface area contributed by atoms with E-state index in [1.165, 1.54) is 28.3 Å². The van der Waals surface area contributed by atoms with Crippen molar-refractivity contribution in [2.24, 2.45) is 5.73 Å². The lowest BCUT2D eigenvalue weighted by Gasteiger charge is -2.26. The highest BCUT2D eigenvalue weighted by atomic mass is 15.1. The van der Waals surface area contributed by atoms with Crippen LogP contribution >= 0.6 is 0 Å². The van der Waals surface area contributed by atoms with Crippen LogP contribution in [0.4, 0.5) is 0 Å². The zero-order chi connectivity index (χ0) is 12.3. The van der Waals surface area contributed by atoms with E-state index in [4.69, 9.17) is 10.7 Å². The van der Waals surface area contributed by atoms with E-state index >= 15 is 0 Å². The number of nitrogens with two attached hydrogens (primary N) is 1. The van der Waals surface area contributed by atoms with Crippen molar-refractivity contribution in [2.45, 2.75) is 38.3 Å². The SMILES string of the molecule is CC1CC(N)Cn2c1nc1c2Cc2ccccc2-1. The predicted molar refractivity (Wildman–Crippen MR) is 71.5 cm³/mol. The van der Waals surface area contributed by atoms with Crippen molar-refractivity contribution in [1.29, 1.82) is 0 Å². The van der Waals surface area contributed by atoms with Crippen molar-refractivity contribution in [2.75, 3.05) is 0 Å². The molecule has 92 valence electrons. The molecule has 1 aliphatic heterocycles. The summed E-state index contributed by atoms with van der Waals surface area (Å²) in [6.07, 6.45) is 2.06. The Kier molecular flexibility index (Phi) is 1.98. The van der Waals surface area contributed by atoms with Gasteiger partial charge in [-0.2, -0.15) is 0 Å². The van der Waals surface area contributed by atoms with E-state index in [0.29, 0.717) is 5.92 Å². The number of hydrogen-bond acceptors (Lipinski definition) is 2. The summed E-state index contributed by atoms with van der Waals surface area (Å²) >= 11 is 0. The van der Waals surface area contributed by atoms with Gasteiger partial charge >= 0.3 is 0 Å². The fourth-order valence-corrected chi connectivity index (χ4v) is 3.43. The highest BCUT2D eigenvalue weighted by Gasteiger charge is 2.31. The fourth-order valence-electron chi connectivity index (χ4n) is 3.43. The van der Waals surface area contributed by atoms with Crippen molar-refractivity contribution in [1.82, 2.24) is 9.55 Å². The molecule has 1 aromatic carbocycles. The van der Waals surface area contributed by atoms with Crippen LogP contribution in [0.15, 0.2) is 24.3 Å². The molecule has 1 aromatic heterocycles. The molecule has 0 bridgehead atoms. The number of hydrogen-bond donors (Lipinski definition) is 1. The van der Waals surface area contributed by atoms with Gasteiger partial charge in [0.25, 0.3) is 0 Å². The second-order valence-corrected chi connectivity index (χ2v) is 5.61. The molecule has 2 aromatic rings. The van der Waals surface area contributed by atoms with Gasteiger partial charge in [-0.3, -0.25) is 0 Å². The average molecular weight is 239 g/mol. The monoisotopic (exact) mass is 239 g/mol. The largest absolute Gasteiger partial charge is 0.329 e. The van der Waals surface area contributed by atoms with Crippen LogP contribution in [0.5, 0.6) is 0 Å². The van der Waals surface area contributed by atoms with Gasteiger partial charge < -0.3 is 10.3 Å². The molecule has 3 heteroatoms. The summed E-state index contributed by atoms with van der Waals surface area (Å²) in [7, 11) is 0. The van der Waals surface area contributed by atoms with Crippen LogP contribution < -0.4 is 5.73 Å². The maximum absolute atomic E-state index is 6.15. The summed E-state index contributed by atoms with van der Waals surface area (Å²) in [4.78, 5) is 4.90. The molecule has 0 saturated heterocycles. The minimum atomic E-state index is 0.273. The second kappa shape index (κ2) is 3.45. The van der Waals surface area contributed by atoms with Crippen LogP contribution in [-0.2, 0) is 13.0 Å². The number of nitrogens with zero attached hydrogens (tertiary/aromatic N) is 2. The van der Waals surface area contributed by atoms with E-state index in [1.54, 1.807) is 0 Å². The van der Waals surface area contributed by atoms with E-state index in [9.17, 15) is 0 Å². The number of rotatable bonds is 0. The van der Waals surface area contributed by atoms with Crippen molar-refractivity contribution in [3.05, 3.63) is 41.3 Å². The molecule has 3 nitrogen and oxygen atoms in total. The van der Waals surface area contributed by atoms with Gasteiger partial charge in [-0.25, -0.2) is 4.98 Å². The summed E-state index contributed by atoms with van der Waals surface area (Å²) in [6.45, 7) is 3.16. The molecule has 4 rings (SSSR count). The molecule has 0 fully saturated rings. The molecule has 2 N–H and O–H groups in total. The Morgan fingerprint density at radius 2 is 2.17 bits per heavy atom. The van der Waals surface area contributed by atoms with E-state index in [0.717, 1.165) is 19.4 Å². The summed E-state index contributed by atoms with van der Waals surface area (Å²) < 4.78 is 2.37. The van der Waals surface area contributed by atoms with Gasteiger partial charge in [0.1, 0.15) is 5.82 Å². The van der Waals surface area contributed by atoms with Crippen LogP contribution in [-0.4, -0.2) is 15.6 Å². The first-order chi connectivity index (χ1) is 8.74. The Labute approximate surface area is 107 Å². The molecule has 0 spiro atoms. The highest BCUT2D eigenvalue weighted by molar-refractivity contribution is 5.72. The topological polar surface area (TPSA) is 43.8 Å². The second-order valence-electron chi connectivity index (χ2n) is 5.61. The van der Waals surface area contributed by atoms with Crippen molar-refractivity contribution in [3.63, 3.8) is 0 Å². The smallest absolute Gasteiger partial charge is 0.112 e. The Hall–Kier alpha value is -1.61.